The van der Waals surface area contributed by atoms with E-state index >= 15 is 0 Å². The average Bonchev–Trinajstić information content (AvgIpc) is 2.77. The Hall–Kier alpha value is -3.46. The van der Waals surface area contributed by atoms with Crippen LogP contribution in [0.5, 0.6) is 0 Å². The lowest BCUT2D eigenvalue weighted by atomic mass is 10.2. The molecule has 0 saturated carbocycles. The molecule has 162 valence electrons. The fraction of sp³-hybridized carbons (Fsp3) is 0.227. The predicted molar refractivity (Wildman–Crippen MR) is 118 cm³/mol. The Bertz CT molecular complexity index is 1190. The van der Waals surface area contributed by atoms with Gasteiger partial charge in [0.05, 0.1) is 10.6 Å². The lowest BCUT2D eigenvalue weighted by Gasteiger charge is -2.28. The van der Waals surface area contributed by atoms with Gasteiger partial charge in [-0.1, -0.05) is 24.3 Å². The summed E-state index contributed by atoms with van der Waals surface area (Å²) >= 11 is 0. The summed E-state index contributed by atoms with van der Waals surface area (Å²) in [5.74, 6) is -0.366. The molecule has 0 radical (unpaired) electrons. The van der Waals surface area contributed by atoms with Crippen LogP contribution in [-0.2, 0) is 21.4 Å². The van der Waals surface area contributed by atoms with Crippen LogP contribution in [0.15, 0.2) is 76.8 Å². The number of sulfonamides is 1. The van der Waals surface area contributed by atoms with E-state index in [9.17, 15) is 18.0 Å². The Morgan fingerprint density at radius 2 is 1.87 bits per heavy atom. The monoisotopic (exact) mass is 440 g/mol. The van der Waals surface area contributed by atoms with Gasteiger partial charge in [0.1, 0.15) is 6.54 Å². The molecule has 0 aliphatic carbocycles. The quantitative estimate of drug-likeness (QED) is 0.579. The number of aryl methyl sites for hydroxylation is 1. The molecule has 1 N–H and O–H groups in total. The van der Waals surface area contributed by atoms with Crippen molar-refractivity contribution in [3.63, 3.8) is 0 Å². The fourth-order valence-electron chi connectivity index (χ4n) is 3.15. The summed E-state index contributed by atoms with van der Waals surface area (Å²) in [6.07, 6.45) is 4.61. The Kier molecular flexibility index (Phi) is 6.86. The number of likely N-dealkylation sites (N-methyl/N-ethyl adjacent to an activating group) is 1. The van der Waals surface area contributed by atoms with Gasteiger partial charge in [-0.25, -0.2) is 8.42 Å². The van der Waals surface area contributed by atoms with Crippen molar-refractivity contribution >= 4 is 21.6 Å². The second-order valence-electron chi connectivity index (χ2n) is 6.96. The van der Waals surface area contributed by atoms with Gasteiger partial charge in [-0.15, -0.1) is 0 Å². The van der Waals surface area contributed by atoms with E-state index in [1.807, 2.05) is 13.0 Å². The zero-order valence-electron chi connectivity index (χ0n) is 17.4. The van der Waals surface area contributed by atoms with Gasteiger partial charge in [-0.3, -0.25) is 18.9 Å². The number of carbonyl (C=O) groups excluding carboxylic acids is 1. The second kappa shape index (κ2) is 9.57. The van der Waals surface area contributed by atoms with Crippen LogP contribution < -0.4 is 9.86 Å². The summed E-state index contributed by atoms with van der Waals surface area (Å²) in [5.41, 5.74) is 1.24. The molecule has 0 bridgehead atoms. The van der Waals surface area contributed by atoms with Gasteiger partial charge < -0.3 is 9.88 Å². The molecule has 1 amide bonds. The number of nitrogens with one attached hydrogen (secondary N) is 1. The highest BCUT2D eigenvalue weighted by Gasteiger charge is 2.30. The maximum Gasteiger partial charge on any atom is 0.265 e. The zero-order chi connectivity index (χ0) is 22.4. The van der Waals surface area contributed by atoms with Gasteiger partial charge in [0.25, 0.3) is 10.0 Å². The van der Waals surface area contributed by atoms with Gasteiger partial charge in [0, 0.05) is 37.7 Å². The molecule has 3 rings (SSSR count). The topological polar surface area (TPSA) is 103 Å². The molecule has 0 atom stereocenters. The van der Waals surface area contributed by atoms with Crippen molar-refractivity contribution in [3.05, 3.63) is 88.6 Å². The molecule has 0 fully saturated rings. The molecule has 8 nitrogen and oxygen atoms in total. The Balaban J connectivity index is 1.97. The molecule has 3 aromatic rings. The van der Waals surface area contributed by atoms with E-state index in [1.54, 1.807) is 48.5 Å². The highest BCUT2D eigenvalue weighted by atomic mass is 32.2. The van der Waals surface area contributed by atoms with Crippen molar-refractivity contribution in [2.75, 3.05) is 17.4 Å². The van der Waals surface area contributed by atoms with Crippen molar-refractivity contribution in [2.45, 2.75) is 25.3 Å². The van der Waals surface area contributed by atoms with Crippen LogP contribution >= 0.6 is 0 Å². The summed E-state index contributed by atoms with van der Waals surface area (Å²) in [5, 5.41) is 0. The number of aromatic amines is 1. The van der Waals surface area contributed by atoms with Crippen LogP contribution in [0.25, 0.3) is 0 Å². The van der Waals surface area contributed by atoms with E-state index < -0.39 is 16.6 Å². The smallest absolute Gasteiger partial charge is 0.265 e. The van der Waals surface area contributed by atoms with Crippen molar-refractivity contribution in [1.29, 1.82) is 0 Å². The van der Waals surface area contributed by atoms with Crippen molar-refractivity contribution in [3.8, 4) is 0 Å². The zero-order valence-corrected chi connectivity index (χ0v) is 18.2. The number of anilines is 1. The van der Waals surface area contributed by atoms with E-state index in [4.69, 9.17) is 0 Å². The summed E-state index contributed by atoms with van der Waals surface area (Å²) < 4.78 is 28.0. The number of nitrogens with zero attached hydrogens (tertiary/aromatic N) is 3. The minimum absolute atomic E-state index is 0.101. The molecule has 31 heavy (non-hydrogen) atoms. The number of benzene rings is 1. The number of rotatable bonds is 8. The molecule has 0 saturated heterocycles. The van der Waals surface area contributed by atoms with Crippen LogP contribution in [-0.4, -0.2) is 42.3 Å². The maximum atomic E-state index is 13.5. The first-order chi connectivity index (χ1) is 14.8. The lowest BCUT2D eigenvalue weighted by molar-refractivity contribution is -0.129. The first kappa shape index (κ1) is 22.2. The standard InChI is InChI=1S/C22H24N4O4S/c1-3-25(15-18-8-6-12-23-13-18)22(28)16-26(19-10-11-21(27)24-14-19)31(29,30)20-9-5-4-7-17(20)2/h4-14H,3,15-16H2,1-2H3,(H,24,27). The van der Waals surface area contributed by atoms with Crippen LogP contribution in [0.4, 0.5) is 5.69 Å². The van der Waals surface area contributed by atoms with Gasteiger partial charge in [0.15, 0.2) is 0 Å². The van der Waals surface area contributed by atoms with Crippen molar-refractivity contribution in [1.82, 2.24) is 14.9 Å². The third-order valence-electron chi connectivity index (χ3n) is 4.83. The molecule has 9 heteroatoms. The number of pyridine rings is 2. The normalized spacial score (nSPS) is 11.2. The highest BCUT2D eigenvalue weighted by Crippen LogP contribution is 2.25. The number of aromatic nitrogens is 2. The van der Waals surface area contributed by atoms with Gasteiger partial charge in [-0.2, -0.15) is 0 Å². The van der Waals surface area contributed by atoms with E-state index in [-0.39, 0.29) is 22.0 Å². The Morgan fingerprint density at radius 3 is 2.48 bits per heavy atom. The largest absolute Gasteiger partial charge is 0.337 e. The van der Waals surface area contributed by atoms with Crippen LogP contribution in [0, 0.1) is 6.92 Å². The molecule has 2 heterocycles. The molecule has 1 aromatic carbocycles. The van der Waals surface area contributed by atoms with E-state index in [0.29, 0.717) is 18.7 Å². The van der Waals surface area contributed by atoms with E-state index in [2.05, 4.69) is 9.97 Å². The van der Waals surface area contributed by atoms with Crippen LogP contribution in [0.2, 0.25) is 0 Å². The SMILES string of the molecule is CCN(Cc1cccnc1)C(=O)CN(c1ccc(=O)[nH]c1)S(=O)(=O)c1ccccc1C. The van der Waals surface area contributed by atoms with Gasteiger partial charge >= 0.3 is 0 Å². The number of amides is 1. The molecule has 0 spiro atoms. The van der Waals surface area contributed by atoms with Crippen molar-refractivity contribution in [2.24, 2.45) is 0 Å². The third kappa shape index (κ3) is 5.18. The molecule has 2 aromatic heterocycles. The molecule has 0 aliphatic rings. The summed E-state index contributed by atoms with van der Waals surface area (Å²) in [4.78, 5) is 32.8. The molecule has 0 aliphatic heterocycles. The maximum absolute atomic E-state index is 13.5. The minimum atomic E-state index is -4.06. The van der Waals surface area contributed by atoms with Gasteiger partial charge in [0.2, 0.25) is 11.5 Å². The van der Waals surface area contributed by atoms with E-state index in [0.717, 1.165) is 9.87 Å². The number of hydrogen-bond acceptors (Lipinski definition) is 5. The molecular formula is C22H24N4O4S. The number of hydrogen-bond donors (Lipinski definition) is 1. The lowest BCUT2D eigenvalue weighted by Crippen LogP contribution is -2.43. The third-order valence-corrected chi connectivity index (χ3v) is 6.76. The molecule has 0 unspecified atom stereocenters. The van der Waals surface area contributed by atoms with Crippen LogP contribution in [0.1, 0.15) is 18.1 Å². The average molecular weight is 441 g/mol. The van der Waals surface area contributed by atoms with Gasteiger partial charge in [-0.05, 0) is 43.2 Å². The minimum Gasteiger partial charge on any atom is -0.337 e. The van der Waals surface area contributed by atoms with E-state index in [1.165, 1.54) is 24.4 Å². The Labute approximate surface area is 181 Å². The predicted octanol–water partition coefficient (Wildman–Crippen LogP) is 2.32. The van der Waals surface area contributed by atoms with Crippen molar-refractivity contribution < 1.29 is 13.2 Å². The fourth-order valence-corrected chi connectivity index (χ4v) is 4.78. The first-order valence-corrected chi connectivity index (χ1v) is 11.2. The first-order valence-electron chi connectivity index (χ1n) is 9.76. The summed E-state index contributed by atoms with van der Waals surface area (Å²) in [6.45, 7) is 3.83. The summed E-state index contributed by atoms with van der Waals surface area (Å²) in [7, 11) is -4.06. The summed E-state index contributed by atoms with van der Waals surface area (Å²) in [6, 6.07) is 12.8. The van der Waals surface area contributed by atoms with Crippen LogP contribution in [0.3, 0.4) is 0 Å². The number of H-pyrrole nitrogens is 1. The number of carbonyl (C=O) groups is 1. The Morgan fingerprint density at radius 1 is 1.10 bits per heavy atom. The highest BCUT2D eigenvalue weighted by molar-refractivity contribution is 7.93. The second-order valence-corrected chi connectivity index (χ2v) is 8.79. The molecular weight excluding hydrogens is 416 g/mol.